The maximum absolute atomic E-state index is 11.6. The number of urea groups is 1. The Morgan fingerprint density at radius 1 is 1.10 bits per heavy atom. The highest BCUT2D eigenvalue weighted by atomic mass is 16.5. The average Bonchev–Trinajstić information content (AvgIpc) is 2.48. The first-order valence-corrected chi connectivity index (χ1v) is 6.21. The van der Waals surface area contributed by atoms with Crippen LogP contribution in [0.3, 0.4) is 0 Å². The van der Waals surface area contributed by atoms with Crippen molar-refractivity contribution in [2.24, 2.45) is 0 Å². The first-order chi connectivity index (χ1) is 9.78. The molecule has 2 N–H and O–H groups in total. The standard InChI is InChI=1S/C16H16N2O2/c1-20-15-9-5-6-13(12-15)10-11-17-16(19)18-14-7-3-2-4-8-14/h2-12H,1H3,(H2,17,18,19)/b11-10+. The molecule has 0 atom stereocenters. The van der Waals surface area contributed by atoms with Crippen molar-refractivity contribution < 1.29 is 9.53 Å². The average molecular weight is 268 g/mol. The van der Waals surface area contributed by atoms with Gasteiger partial charge in [0.15, 0.2) is 0 Å². The topological polar surface area (TPSA) is 50.4 Å². The molecule has 2 amide bonds. The zero-order valence-electron chi connectivity index (χ0n) is 11.2. The van der Waals surface area contributed by atoms with E-state index in [0.29, 0.717) is 0 Å². The van der Waals surface area contributed by atoms with E-state index in [2.05, 4.69) is 10.6 Å². The molecule has 0 radical (unpaired) electrons. The minimum Gasteiger partial charge on any atom is -0.497 e. The van der Waals surface area contributed by atoms with Crippen molar-refractivity contribution in [3.63, 3.8) is 0 Å². The lowest BCUT2D eigenvalue weighted by Gasteiger charge is -2.04. The van der Waals surface area contributed by atoms with Gasteiger partial charge in [0.1, 0.15) is 5.75 Å². The summed E-state index contributed by atoms with van der Waals surface area (Å²) in [7, 11) is 1.62. The summed E-state index contributed by atoms with van der Waals surface area (Å²) in [5.41, 5.74) is 1.70. The van der Waals surface area contributed by atoms with Crippen molar-refractivity contribution in [2.75, 3.05) is 12.4 Å². The number of amides is 2. The fourth-order valence-corrected chi connectivity index (χ4v) is 1.65. The SMILES string of the molecule is COc1cccc(/C=C/NC(=O)Nc2ccccc2)c1. The Bertz CT molecular complexity index is 594. The first-order valence-electron chi connectivity index (χ1n) is 6.21. The summed E-state index contributed by atoms with van der Waals surface area (Å²) in [6.45, 7) is 0. The predicted molar refractivity (Wildman–Crippen MR) is 80.6 cm³/mol. The third kappa shape index (κ3) is 4.17. The Kier molecular flexibility index (Phi) is 4.78. The Labute approximate surface area is 118 Å². The summed E-state index contributed by atoms with van der Waals surface area (Å²) < 4.78 is 5.13. The summed E-state index contributed by atoms with van der Waals surface area (Å²) in [4.78, 5) is 11.6. The van der Waals surface area contributed by atoms with Gasteiger partial charge >= 0.3 is 6.03 Å². The number of carbonyl (C=O) groups is 1. The maximum atomic E-state index is 11.6. The van der Waals surface area contributed by atoms with Crippen LogP contribution in [0.5, 0.6) is 5.75 Å². The fourth-order valence-electron chi connectivity index (χ4n) is 1.65. The fraction of sp³-hybridized carbons (Fsp3) is 0.0625. The highest BCUT2D eigenvalue weighted by Gasteiger charge is 1.97. The van der Waals surface area contributed by atoms with Crippen LogP contribution in [0.15, 0.2) is 60.8 Å². The second-order valence-electron chi connectivity index (χ2n) is 4.07. The van der Waals surface area contributed by atoms with Gasteiger partial charge in [-0.3, -0.25) is 0 Å². The maximum Gasteiger partial charge on any atom is 0.323 e. The first kappa shape index (κ1) is 13.7. The van der Waals surface area contributed by atoms with E-state index in [-0.39, 0.29) is 6.03 Å². The van der Waals surface area contributed by atoms with Gasteiger partial charge in [-0.2, -0.15) is 0 Å². The minimum atomic E-state index is -0.282. The van der Waals surface area contributed by atoms with Crippen LogP contribution in [0, 0.1) is 0 Å². The second-order valence-corrected chi connectivity index (χ2v) is 4.07. The zero-order chi connectivity index (χ0) is 14.2. The van der Waals surface area contributed by atoms with E-state index in [0.717, 1.165) is 17.0 Å². The summed E-state index contributed by atoms with van der Waals surface area (Å²) in [6, 6.07) is 16.6. The normalized spacial score (nSPS) is 10.2. The van der Waals surface area contributed by atoms with E-state index in [1.807, 2.05) is 54.6 Å². The number of carbonyl (C=O) groups excluding carboxylic acids is 1. The van der Waals surface area contributed by atoms with Gasteiger partial charge in [-0.25, -0.2) is 4.79 Å². The molecule has 0 spiro atoms. The van der Waals surface area contributed by atoms with E-state index >= 15 is 0 Å². The van der Waals surface area contributed by atoms with Crippen molar-refractivity contribution >= 4 is 17.8 Å². The molecule has 0 fully saturated rings. The van der Waals surface area contributed by atoms with E-state index in [1.54, 1.807) is 19.4 Å². The highest BCUT2D eigenvalue weighted by Crippen LogP contribution is 2.13. The molecule has 0 unspecified atom stereocenters. The molecule has 0 saturated carbocycles. The van der Waals surface area contributed by atoms with Crippen molar-refractivity contribution in [1.29, 1.82) is 0 Å². The molecule has 0 aromatic heterocycles. The van der Waals surface area contributed by atoms with Crippen molar-refractivity contribution in [2.45, 2.75) is 0 Å². The smallest absolute Gasteiger partial charge is 0.323 e. The van der Waals surface area contributed by atoms with Gasteiger partial charge in [-0.1, -0.05) is 30.3 Å². The van der Waals surface area contributed by atoms with Crippen LogP contribution in [-0.4, -0.2) is 13.1 Å². The number of para-hydroxylation sites is 1. The third-order valence-corrected chi connectivity index (χ3v) is 2.62. The van der Waals surface area contributed by atoms with E-state index in [4.69, 9.17) is 4.74 Å². The lowest BCUT2D eigenvalue weighted by molar-refractivity contribution is 0.255. The van der Waals surface area contributed by atoms with E-state index < -0.39 is 0 Å². The minimum absolute atomic E-state index is 0.282. The molecule has 0 aliphatic carbocycles. The van der Waals surface area contributed by atoms with Crippen LogP contribution in [0.2, 0.25) is 0 Å². The quantitative estimate of drug-likeness (QED) is 0.891. The number of hydrogen-bond acceptors (Lipinski definition) is 2. The molecule has 4 nitrogen and oxygen atoms in total. The number of nitrogens with one attached hydrogen (secondary N) is 2. The largest absolute Gasteiger partial charge is 0.497 e. The number of anilines is 1. The molecule has 0 aliphatic heterocycles. The number of rotatable bonds is 4. The van der Waals surface area contributed by atoms with Crippen LogP contribution >= 0.6 is 0 Å². The molecule has 2 aromatic rings. The Hall–Kier alpha value is -2.75. The lowest BCUT2D eigenvalue weighted by atomic mass is 10.2. The molecule has 102 valence electrons. The van der Waals surface area contributed by atoms with Gasteiger partial charge in [0.2, 0.25) is 0 Å². The Balaban J connectivity index is 1.88. The summed E-state index contributed by atoms with van der Waals surface area (Å²) in [5, 5.41) is 5.37. The van der Waals surface area contributed by atoms with Gasteiger partial charge in [0.25, 0.3) is 0 Å². The summed E-state index contributed by atoms with van der Waals surface area (Å²) in [5.74, 6) is 0.779. The molecule has 0 saturated heterocycles. The number of hydrogen-bond donors (Lipinski definition) is 2. The van der Waals surface area contributed by atoms with Gasteiger partial charge < -0.3 is 15.4 Å². The molecule has 0 aliphatic rings. The van der Waals surface area contributed by atoms with Crippen LogP contribution in [0.25, 0.3) is 6.08 Å². The summed E-state index contributed by atoms with van der Waals surface area (Å²) >= 11 is 0. The van der Waals surface area contributed by atoms with Gasteiger partial charge in [0, 0.05) is 11.9 Å². The molecular weight excluding hydrogens is 252 g/mol. The lowest BCUT2D eigenvalue weighted by Crippen LogP contribution is -2.23. The third-order valence-electron chi connectivity index (χ3n) is 2.62. The molecule has 0 heterocycles. The van der Waals surface area contributed by atoms with Crippen molar-refractivity contribution in [3.05, 3.63) is 66.4 Å². The van der Waals surface area contributed by atoms with Gasteiger partial charge in [-0.05, 0) is 35.9 Å². The van der Waals surface area contributed by atoms with Crippen LogP contribution in [0.1, 0.15) is 5.56 Å². The molecule has 2 aromatic carbocycles. The van der Waals surface area contributed by atoms with E-state index in [1.165, 1.54) is 0 Å². The molecule has 2 rings (SSSR count). The van der Waals surface area contributed by atoms with Gasteiger partial charge in [-0.15, -0.1) is 0 Å². The predicted octanol–water partition coefficient (Wildman–Crippen LogP) is 3.49. The van der Waals surface area contributed by atoms with Crippen molar-refractivity contribution in [1.82, 2.24) is 5.32 Å². The van der Waals surface area contributed by atoms with Crippen LogP contribution in [0.4, 0.5) is 10.5 Å². The molecule has 0 bridgehead atoms. The van der Waals surface area contributed by atoms with E-state index in [9.17, 15) is 4.79 Å². The number of benzene rings is 2. The van der Waals surface area contributed by atoms with Crippen LogP contribution < -0.4 is 15.4 Å². The zero-order valence-corrected chi connectivity index (χ0v) is 11.2. The monoisotopic (exact) mass is 268 g/mol. The Morgan fingerprint density at radius 3 is 2.65 bits per heavy atom. The van der Waals surface area contributed by atoms with Crippen LogP contribution in [-0.2, 0) is 0 Å². The molecule has 4 heteroatoms. The van der Waals surface area contributed by atoms with Gasteiger partial charge in [0.05, 0.1) is 7.11 Å². The number of methoxy groups -OCH3 is 1. The Morgan fingerprint density at radius 2 is 1.90 bits per heavy atom. The highest BCUT2D eigenvalue weighted by molar-refractivity contribution is 5.90. The molecular formula is C16H16N2O2. The van der Waals surface area contributed by atoms with Crippen molar-refractivity contribution in [3.8, 4) is 5.75 Å². The second kappa shape index (κ2) is 6.99. The number of ether oxygens (including phenoxy) is 1. The summed E-state index contributed by atoms with van der Waals surface area (Å²) in [6.07, 6.45) is 3.39. The molecule has 20 heavy (non-hydrogen) atoms.